The zero-order valence-corrected chi connectivity index (χ0v) is 5.20. The molecular formula is C5H4N2S. The van der Waals surface area contributed by atoms with Crippen molar-refractivity contribution in [3.05, 3.63) is 11.0 Å². The summed E-state index contributed by atoms with van der Waals surface area (Å²) in [5, 5.41) is 17.7. The smallest absolute Gasteiger partial charge is 0.135 e. The van der Waals surface area contributed by atoms with Crippen molar-refractivity contribution in [2.24, 2.45) is 0 Å². The zero-order valence-electron chi connectivity index (χ0n) is 4.38. The van der Waals surface area contributed by atoms with Gasteiger partial charge in [0.05, 0.1) is 0 Å². The number of hydrogen-bond donors (Lipinski definition) is 0. The molecule has 3 heteroatoms. The third-order valence-corrected chi connectivity index (χ3v) is 0.948. The first-order chi connectivity index (χ1) is 3.85. The largest absolute Gasteiger partial charge is 0.192 e. The molecular weight excluding hydrogens is 120 g/mol. The summed E-state index contributed by atoms with van der Waals surface area (Å²) >= 11 is 1.35. The van der Waals surface area contributed by atoms with E-state index in [0.717, 1.165) is 0 Å². The molecule has 8 heavy (non-hydrogen) atoms. The molecule has 0 rings (SSSR count). The van der Waals surface area contributed by atoms with Crippen LogP contribution in [0.5, 0.6) is 0 Å². The lowest BCUT2D eigenvalue weighted by atomic mass is 10.4. The van der Waals surface area contributed by atoms with E-state index >= 15 is 0 Å². The lowest BCUT2D eigenvalue weighted by Gasteiger charge is -1.74. The summed E-state index contributed by atoms with van der Waals surface area (Å²) in [6.45, 7) is 0. The summed E-state index contributed by atoms with van der Waals surface area (Å²) in [5.41, 5.74) is 0.164. The highest BCUT2D eigenvalue weighted by Gasteiger charge is 1.85. The molecule has 40 valence electrons. The average Bonchev–Trinajstić information content (AvgIpc) is 1.83. The maximum absolute atomic E-state index is 8.10. The lowest BCUT2D eigenvalue weighted by Crippen LogP contribution is -1.65. The summed E-state index contributed by atoms with van der Waals surface area (Å²) in [7, 11) is 0. The van der Waals surface area contributed by atoms with Crippen LogP contribution in [-0.2, 0) is 0 Å². The summed E-state index contributed by atoms with van der Waals surface area (Å²) in [5.74, 6) is 0. The molecule has 0 aliphatic carbocycles. The minimum Gasteiger partial charge on any atom is -0.192 e. The van der Waals surface area contributed by atoms with Crippen LogP contribution in [0.4, 0.5) is 0 Å². The Kier molecular flexibility index (Phi) is 3.74. The highest BCUT2D eigenvalue weighted by molar-refractivity contribution is 8.01. The quantitative estimate of drug-likeness (QED) is 0.495. The fourth-order valence-electron chi connectivity index (χ4n) is 0.196. The van der Waals surface area contributed by atoms with Gasteiger partial charge in [-0.1, -0.05) is 0 Å². The minimum atomic E-state index is 0.164. The van der Waals surface area contributed by atoms with Crippen LogP contribution in [0.2, 0.25) is 0 Å². The molecule has 0 heterocycles. The monoisotopic (exact) mass is 124 g/mol. The molecule has 2 nitrogen and oxygen atoms in total. The van der Waals surface area contributed by atoms with E-state index in [1.165, 1.54) is 17.2 Å². The average molecular weight is 124 g/mol. The Bertz CT molecular complexity index is 154. The van der Waals surface area contributed by atoms with Gasteiger partial charge in [-0.05, 0) is 11.7 Å². The molecule has 0 aromatic heterocycles. The highest BCUT2D eigenvalue weighted by Crippen LogP contribution is 1.99. The second-order valence-electron chi connectivity index (χ2n) is 0.991. The van der Waals surface area contributed by atoms with E-state index in [2.05, 4.69) is 0 Å². The molecule has 0 saturated heterocycles. The number of hydrogen-bond acceptors (Lipinski definition) is 3. The number of rotatable bonds is 1. The fraction of sp³-hybridized carbons (Fsp3) is 0.200. The van der Waals surface area contributed by atoms with Crippen molar-refractivity contribution in [1.29, 1.82) is 10.5 Å². The van der Waals surface area contributed by atoms with Gasteiger partial charge in [0.2, 0.25) is 0 Å². The molecule has 0 spiro atoms. The molecule has 0 bridgehead atoms. The van der Waals surface area contributed by atoms with Gasteiger partial charge in [0.25, 0.3) is 0 Å². The van der Waals surface area contributed by atoms with Gasteiger partial charge in [0.1, 0.15) is 17.7 Å². The second-order valence-corrected chi connectivity index (χ2v) is 1.70. The van der Waals surface area contributed by atoms with Crippen molar-refractivity contribution in [3.8, 4) is 12.1 Å². The van der Waals surface area contributed by atoms with E-state index in [9.17, 15) is 0 Å². The molecule has 0 radical (unpaired) electrons. The van der Waals surface area contributed by atoms with E-state index in [1.807, 2.05) is 0 Å². The number of thioether (sulfide) groups is 1. The number of nitriles is 2. The fourth-order valence-corrected chi connectivity index (χ4v) is 0.537. The Morgan fingerprint density at radius 2 is 2.00 bits per heavy atom. The number of nitrogens with zero attached hydrogens (tertiary/aromatic N) is 2. The van der Waals surface area contributed by atoms with Crippen LogP contribution in [0.3, 0.4) is 0 Å². The molecule has 0 amide bonds. The van der Waals surface area contributed by atoms with E-state index in [1.54, 1.807) is 18.4 Å². The Morgan fingerprint density at radius 1 is 1.50 bits per heavy atom. The predicted octanol–water partition coefficient (Wildman–Crippen LogP) is 1.28. The standard InChI is InChI=1S/C5H4N2S/c1-8-4-5(2-6)3-7/h4H,1H3. The van der Waals surface area contributed by atoms with Gasteiger partial charge >= 0.3 is 0 Å². The van der Waals surface area contributed by atoms with Crippen molar-refractivity contribution in [2.45, 2.75) is 0 Å². The highest BCUT2D eigenvalue weighted by atomic mass is 32.2. The lowest BCUT2D eigenvalue weighted by molar-refractivity contribution is 1.47. The van der Waals surface area contributed by atoms with Crippen molar-refractivity contribution in [3.63, 3.8) is 0 Å². The second kappa shape index (κ2) is 4.23. The van der Waals surface area contributed by atoms with Gasteiger partial charge in [-0.2, -0.15) is 10.5 Å². The Hall–Kier alpha value is -0.930. The summed E-state index contributed by atoms with van der Waals surface area (Å²) < 4.78 is 0. The van der Waals surface area contributed by atoms with Crippen LogP contribution in [-0.4, -0.2) is 6.26 Å². The maximum atomic E-state index is 8.10. The molecule has 0 aromatic carbocycles. The van der Waals surface area contributed by atoms with Gasteiger partial charge in [0, 0.05) is 0 Å². The number of allylic oxidation sites excluding steroid dienone is 1. The molecule has 0 fully saturated rings. The molecule has 0 atom stereocenters. The van der Waals surface area contributed by atoms with E-state index < -0.39 is 0 Å². The molecule has 0 unspecified atom stereocenters. The van der Waals surface area contributed by atoms with Crippen LogP contribution in [0.1, 0.15) is 0 Å². The predicted molar refractivity (Wildman–Crippen MR) is 32.8 cm³/mol. The third kappa shape index (κ3) is 2.28. The summed E-state index contributed by atoms with van der Waals surface area (Å²) in [4.78, 5) is 0. The summed E-state index contributed by atoms with van der Waals surface area (Å²) in [6.07, 6.45) is 1.80. The first kappa shape index (κ1) is 7.07. The third-order valence-electron chi connectivity index (χ3n) is 0.477. The van der Waals surface area contributed by atoms with Crippen LogP contribution >= 0.6 is 11.8 Å². The molecule has 0 aromatic rings. The van der Waals surface area contributed by atoms with Gasteiger partial charge in [-0.15, -0.1) is 11.8 Å². The van der Waals surface area contributed by atoms with Gasteiger partial charge in [-0.3, -0.25) is 0 Å². The van der Waals surface area contributed by atoms with Crippen LogP contribution in [0.15, 0.2) is 11.0 Å². The van der Waals surface area contributed by atoms with E-state index in [-0.39, 0.29) is 5.57 Å². The maximum Gasteiger partial charge on any atom is 0.135 e. The van der Waals surface area contributed by atoms with E-state index in [4.69, 9.17) is 10.5 Å². The van der Waals surface area contributed by atoms with Gasteiger partial charge in [-0.25, -0.2) is 0 Å². The first-order valence-electron chi connectivity index (χ1n) is 1.88. The van der Waals surface area contributed by atoms with Crippen molar-refractivity contribution in [1.82, 2.24) is 0 Å². The van der Waals surface area contributed by atoms with E-state index in [0.29, 0.717) is 0 Å². The summed E-state index contributed by atoms with van der Waals surface area (Å²) in [6, 6.07) is 3.46. The normalized spacial score (nSPS) is 6.38. The zero-order chi connectivity index (χ0) is 6.41. The Balaban J connectivity index is 3.99. The molecule has 0 aliphatic heterocycles. The van der Waals surface area contributed by atoms with Gasteiger partial charge < -0.3 is 0 Å². The first-order valence-corrected chi connectivity index (χ1v) is 3.17. The molecule has 0 saturated carbocycles. The van der Waals surface area contributed by atoms with Crippen LogP contribution in [0.25, 0.3) is 0 Å². The van der Waals surface area contributed by atoms with Crippen molar-refractivity contribution in [2.75, 3.05) is 6.26 Å². The SMILES string of the molecule is CSC=C(C#N)C#N. The topological polar surface area (TPSA) is 47.6 Å². The van der Waals surface area contributed by atoms with Crippen molar-refractivity contribution < 1.29 is 0 Å². The minimum absolute atomic E-state index is 0.164. The molecule has 0 N–H and O–H groups in total. The Labute approximate surface area is 52.4 Å². The molecule has 0 aliphatic rings. The van der Waals surface area contributed by atoms with Crippen LogP contribution < -0.4 is 0 Å². The van der Waals surface area contributed by atoms with Gasteiger partial charge in [0.15, 0.2) is 0 Å². The Morgan fingerprint density at radius 3 is 2.12 bits per heavy atom. The van der Waals surface area contributed by atoms with Crippen molar-refractivity contribution >= 4 is 11.8 Å². The van der Waals surface area contributed by atoms with Crippen LogP contribution in [0, 0.1) is 22.7 Å².